The van der Waals surface area contributed by atoms with E-state index in [0.29, 0.717) is 16.3 Å². The van der Waals surface area contributed by atoms with E-state index in [1.807, 2.05) is 6.07 Å². The van der Waals surface area contributed by atoms with Gasteiger partial charge < -0.3 is 5.73 Å². The Kier molecular flexibility index (Phi) is 3.67. The summed E-state index contributed by atoms with van der Waals surface area (Å²) in [4.78, 5) is 0.296. The molecule has 3 rings (SSSR count). The molecule has 0 heterocycles. The number of sulfonamides is 1. The second-order valence-electron chi connectivity index (χ2n) is 5.13. The highest BCUT2D eigenvalue weighted by molar-refractivity contribution is 9.10. The molecule has 1 aliphatic carbocycles. The Balaban J connectivity index is 1.91. The first-order valence-corrected chi connectivity index (χ1v) is 8.93. The van der Waals surface area contributed by atoms with Crippen LogP contribution in [0, 0.1) is 0 Å². The summed E-state index contributed by atoms with van der Waals surface area (Å²) in [5.74, 6) is 0. The molecule has 110 valence electrons. The van der Waals surface area contributed by atoms with Crippen LogP contribution >= 0.6 is 15.9 Å². The molecule has 0 aliphatic heterocycles. The van der Waals surface area contributed by atoms with E-state index in [0.717, 1.165) is 29.3 Å². The molecule has 0 amide bonds. The van der Waals surface area contributed by atoms with Crippen LogP contribution in [0.25, 0.3) is 0 Å². The van der Waals surface area contributed by atoms with Crippen LogP contribution in [0.15, 0.2) is 45.8 Å². The molecule has 0 saturated heterocycles. The summed E-state index contributed by atoms with van der Waals surface area (Å²) in [5, 5.41) is 0. The highest BCUT2D eigenvalue weighted by Crippen LogP contribution is 2.27. The molecule has 6 heteroatoms. The van der Waals surface area contributed by atoms with Gasteiger partial charge in [-0.2, -0.15) is 0 Å². The van der Waals surface area contributed by atoms with Crippen LogP contribution < -0.4 is 10.5 Å². The fraction of sp³-hybridized carbons (Fsp3) is 0.200. The average molecular weight is 367 g/mol. The van der Waals surface area contributed by atoms with Crippen LogP contribution in [0.2, 0.25) is 0 Å². The fourth-order valence-electron chi connectivity index (χ4n) is 2.54. The summed E-state index contributed by atoms with van der Waals surface area (Å²) < 4.78 is 28.2. The highest BCUT2D eigenvalue weighted by Gasteiger charge is 2.18. The number of nitrogens with one attached hydrogen (secondary N) is 1. The van der Waals surface area contributed by atoms with Gasteiger partial charge in [0.25, 0.3) is 10.0 Å². The molecule has 0 saturated carbocycles. The zero-order valence-electron chi connectivity index (χ0n) is 11.3. The number of fused-ring (bicyclic) bond motifs is 1. The van der Waals surface area contributed by atoms with E-state index >= 15 is 0 Å². The third-order valence-electron chi connectivity index (χ3n) is 3.63. The van der Waals surface area contributed by atoms with Crippen molar-refractivity contribution in [3.8, 4) is 0 Å². The third kappa shape index (κ3) is 2.91. The largest absolute Gasteiger partial charge is 0.398 e. The summed E-state index contributed by atoms with van der Waals surface area (Å²) in [7, 11) is -3.59. The highest BCUT2D eigenvalue weighted by atomic mass is 79.9. The molecular formula is C15H15BrN2O2S. The second-order valence-corrected chi connectivity index (χ2v) is 7.66. The van der Waals surface area contributed by atoms with Gasteiger partial charge in [0.05, 0.1) is 10.6 Å². The first-order valence-electron chi connectivity index (χ1n) is 6.65. The number of hydrogen-bond acceptors (Lipinski definition) is 3. The lowest BCUT2D eigenvalue weighted by molar-refractivity contribution is 0.601. The van der Waals surface area contributed by atoms with Gasteiger partial charge in [-0.15, -0.1) is 0 Å². The Morgan fingerprint density at radius 1 is 1.05 bits per heavy atom. The van der Waals surface area contributed by atoms with Crippen molar-refractivity contribution in [1.82, 2.24) is 0 Å². The van der Waals surface area contributed by atoms with Crippen LogP contribution in [-0.2, 0) is 22.9 Å². The number of rotatable bonds is 3. The number of aryl methyl sites for hydroxylation is 2. The minimum atomic E-state index is -3.59. The minimum absolute atomic E-state index is 0.296. The summed E-state index contributed by atoms with van der Waals surface area (Å²) in [5.41, 5.74) is 9.10. The molecule has 4 nitrogen and oxygen atoms in total. The maximum atomic E-state index is 12.4. The summed E-state index contributed by atoms with van der Waals surface area (Å²) >= 11 is 3.29. The maximum Gasteiger partial charge on any atom is 0.261 e. The van der Waals surface area contributed by atoms with Gasteiger partial charge in [0.2, 0.25) is 0 Å². The maximum absolute atomic E-state index is 12.4. The Morgan fingerprint density at radius 3 is 2.57 bits per heavy atom. The van der Waals surface area contributed by atoms with Gasteiger partial charge in [-0.25, -0.2) is 8.42 Å². The molecule has 1 aliphatic rings. The van der Waals surface area contributed by atoms with Crippen molar-refractivity contribution < 1.29 is 8.42 Å². The Hall–Kier alpha value is -1.53. The fourth-order valence-corrected chi connectivity index (χ4v) is 3.88. The predicted octanol–water partition coefficient (Wildman–Crippen LogP) is 3.32. The number of nitrogens with two attached hydrogens (primary N) is 1. The first kappa shape index (κ1) is 14.4. The topological polar surface area (TPSA) is 72.2 Å². The van der Waals surface area contributed by atoms with Crippen molar-refractivity contribution in [2.24, 2.45) is 0 Å². The Bertz CT molecular complexity index is 803. The van der Waals surface area contributed by atoms with Crippen LogP contribution in [0.5, 0.6) is 0 Å². The smallest absolute Gasteiger partial charge is 0.261 e. The normalized spacial score (nSPS) is 14.0. The summed E-state index contributed by atoms with van der Waals surface area (Å²) in [6.45, 7) is 0. The molecule has 0 atom stereocenters. The first-order chi connectivity index (χ1) is 9.95. The quantitative estimate of drug-likeness (QED) is 0.818. The zero-order valence-corrected chi connectivity index (χ0v) is 13.7. The Morgan fingerprint density at radius 2 is 1.81 bits per heavy atom. The number of anilines is 2. The predicted molar refractivity (Wildman–Crippen MR) is 87.8 cm³/mol. The van der Waals surface area contributed by atoms with E-state index in [9.17, 15) is 8.42 Å². The van der Waals surface area contributed by atoms with Crippen molar-refractivity contribution in [1.29, 1.82) is 0 Å². The van der Waals surface area contributed by atoms with Crippen molar-refractivity contribution in [2.45, 2.75) is 24.2 Å². The second kappa shape index (κ2) is 5.35. The molecule has 0 aromatic heterocycles. The van der Waals surface area contributed by atoms with Gasteiger partial charge >= 0.3 is 0 Å². The number of halogens is 1. The minimum Gasteiger partial charge on any atom is -0.398 e. The van der Waals surface area contributed by atoms with Gasteiger partial charge in [-0.3, -0.25) is 4.72 Å². The molecular weight excluding hydrogens is 352 g/mol. The molecule has 0 unspecified atom stereocenters. The monoisotopic (exact) mass is 366 g/mol. The van der Waals surface area contributed by atoms with Gasteiger partial charge in [-0.1, -0.05) is 6.07 Å². The molecule has 2 aromatic carbocycles. The van der Waals surface area contributed by atoms with E-state index in [1.54, 1.807) is 30.3 Å². The van der Waals surface area contributed by atoms with Crippen LogP contribution in [-0.4, -0.2) is 8.42 Å². The number of nitrogen functional groups attached to an aromatic ring is 1. The third-order valence-corrected chi connectivity index (χ3v) is 5.73. The van der Waals surface area contributed by atoms with Crippen LogP contribution in [0.1, 0.15) is 17.5 Å². The van der Waals surface area contributed by atoms with Crippen molar-refractivity contribution in [2.75, 3.05) is 10.5 Å². The van der Waals surface area contributed by atoms with Gasteiger partial charge in [0.1, 0.15) is 0 Å². The Labute approximate surface area is 132 Å². The van der Waals surface area contributed by atoms with Gasteiger partial charge in [0.15, 0.2) is 0 Å². The number of hydrogen-bond donors (Lipinski definition) is 2. The summed E-state index contributed by atoms with van der Waals surface area (Å²) in [6.07, 6.45) is 3.08. The summed E-state index contributed by atoms with van der Waals surface area (Å²) in [6, 6.07) is 10.3. The van der Waals surface area contributed by atoms with Crippen molar-refractivity contribution in [3.05, 3.63) is 52.0 Å². The van der Waals surface area contributed by atoms with E-state index in [1.165, 1.54) is 5.56 Å². The molecule has 2 aromatic rings. The lowest BCUT2D eigenvalue weighted by Crippen LogP contribution is -2.13. The molecule has 0 bridgehead atoms. The SMILES string of the molecule is Nc1cc(NS(=O)(=O)c2ccc3c(c2)CCC3)ccc1Br. The van der Waals surface area contributed by atoms with Crippen molar-refractivity contribution in [3.63, 3.8) is 0 Å². The molecule has 3 N–H and O–H groups in total. The molecule has 0 fully saturated rings. The number of benzene rings is 2. The van der Waals surface area contributed by atoms with E-state index in [2.05, 4.69) is 20.7 Å². The molecule has 0 radical (unpaired) electrons. The lowest BCUT2D eigenvalue weighted by Gasteiger charge is -2.10. The van der Waals surface area contributed by atoms with Gasteiger partial charge in [0, 0.05) is 10.2 Å². The van der Waals surface area contributed by atoms with E-state index in [4.69, 9.17) is 5.73 Å². The van der Waals surface area contributed by atoms with Crippen molar-refractivity contribution >= 4 is 37.3 Å². The van der Waals surface area contributed by atoms with Crippen LogP contribution in [0.3, 0.4) is 0 Å². The van der Waals surface area contributed by atoms with Crippen LogP contribution in [0.4, 0.5) is 11.4 Å². The van der Waals surface area contributed by atoms with E-state index in [-0.39, 0.29) is 0 Å². The van der Waals surface area contributed by atoms with E-state index < -0.39 is 10.0 Å². The molecule has 0 spiro atoms. The molecule has 21 heavy (non-hydrogen) atoms. The average Bonchev–Trinajstić information content (AvgIpc) is 2.90. The standard InChI is InChI=1S/C15H15BrN2O2S/c16-14-7-5-12(9-15(14)17)18-21(19,20)13-6-4-10-2-1-3-11(10)8-13/h4-9,18H,1-3,17H2. The zero-order chi connectivity index (χ0) is 15.0. The van der Waals surface area contributed by atoms with Gasteiger partial charge in [-0.05, 0) is 76.7 Å². The lowest BCUT2D eigenvalue weighted by atomic mass is 10.1.